The van der Waals surface area contributed by atoms with Gasteiger partial charge in [-0.2, -0.15) is 0 Å². The lowest BCUT2D eigenvalue weighted by atomic mass is 9.98. The number of carbonyl (C=O) groups is 2. The molecule has 0 aromatic heterocycles. The molecule has 0 aliphatic rings. The summed E-state index contributed by atoms with van der Waals surface area (Å²) in [5.41, 5.74) is 1.18. The van der Waals surface area contributed by atoms with E-state index in [1.807, 2.05) is 31.1 Å². The van der Waals surface area contributed by atoms with Crippen LogP contribution >= 0.6 is 0 Å². The maximum Gasteiger partial charge on any atom is 0.338 e. The Morgan fingerprint density at radius 1 is 1.22 bits per heavy atom. The van der Waals surface area contributed by atoms with Gasteiger partial charge in [0.1, 0.15) is 12.7 Å². The largest absolute Gasteiger partial charge is 0.461 e. The number of nitrogens with zero attached hydrogens (tertiary/aromatic N) is 1. The van der Waals surface area contributed by atoms with Gasteiger partial charge in [0.25, 0.3) is 0 Å². The molecule has 0 N–H and O–H groups in total. The van der Waals surface area contributed by atoms with Crippen molar-refractivity contribution in [2.45, 2.75) is 39.2 Å². The zero-order valence-electron chi connectivity index (χ0n) is 14.5. The van der Waals surface area contributed by atoms with Crippen LogP contribution in [-0.4, -0.2) is 44.1 Å². The molecule has 0 radical (unpaired) electrons. The smallest absolute Gasteiger partial charge is 0.338 e. The molecule has 1 atom stereocenters. The van der Waals surface area contributed by atoms with E-state index in [2.05, 4.69) is 6.92 Å². The van der Waals surface area contributed by atoms with Gasteiger partial charge in [-0.05, 0) is 33.0 Å². The van der Waals surface area contributed by atoms with Gasteiger partial charge in [0.2, 0.25) is 0 Å². The van der Waals surface area contributed by atoms with Gasteiger partial charge >= 0.3 is 11.9 Å². The van der Waals surface area contributed by atoms with Crippen LogP contribution in [0.2, 0.25) is 0 Å². The van der Waals surface area contributed by atoms with E-state index in [1.54, 1.807) is 12.1 Å². The van der Waals surface area contributed by atoms with Crippen molar-refractivity contribution in [3.05, 3.63) is 35.4 Å². The number of hydrogen-bond acceptors (Lipinski definition) is 5. The lowest BCUT2D eigenvalue weighted by molar-refractivity contribution is -0.147. The molecule has 0 amide bonds. The minimum Gasteiger partial charge on any atom is -0.461 e. The van der Waals surface area contributed by atoms with Gasteiger partial charge in [-0.3, -0.25) is 4.79 Å². The topological polar surface area (TPSA) is 55.8 Å². The average molecular weight is 321 g/mol. The second-order valence-corrected chi connectivity index (χ2v) is 5.77. The van der Waals surface area contributed by atoms with Crippen LogP contribution in [-0.2, 0) is 14.3 Å². The third-order valence-corrected chi connectivity index (χ3v) is 3.43. The number of hydrogen-bond donors (Lipinski definition) is 0. The summed E-state index contributed by atoms with van der Waals surface area (Å²) < 4.78 is 10.7. The van der Waals surface area contributed by atoms with Crippen LogP contribution in [0.4, 0.5) is 0 Å². The molecule has 0 heterocycles. The fourth-order valence-electron chi connectivity index (χ4n) is 2.23. The molecule has 5 nitrogen and oxygen atoms in total. The van der Waals surface area contributed by atoms with Crippen LogP contribution in [0, 0.1) is 0 Å². The highest BCUT2D eigenvalue weighted by Gasteiger charge is 2.22. The van der Waals surface area contributed by atoms with Gasteiger partial charge in [0.05, 0.1) is 5.56 Å². The first-order valence-electron chi connectivity index (χ1n) is 8.03. The number of benzene rings is 1. The highest BCUT2D eigenvalue weighted by Crippen LogP contribution is 2.27. The van der Waals surface area contributed by atoms with Crippen molar-refractivity contribution in [3.8, 4) is 0 Å². The Labute approximate surface area is 138 Å². The highest BCUT2D eigenvalue weighted by atomic mass is 16.5. The first kappa shape index (κ1) is 19.2. The van der Waals surface area contributed by atoms with E-state index in [0.29, 0.717) is 30.7 Å². The number of carbonyl (C=O) groups excluding carboxylic acids is 2. The third kappa shape index (κ3) is 6.82. The van der Waals surface area contributed by atoms with E-state index < -0.39 is 6.10 Å². The Morgan fingerprint density at radius 3 is 2.52 bits per heavy atom. The van der Waals surface area contributed by atoms with Crippen molar-refractivity contribution in [3.63, 3.8) is 0 Å². The molecule has 0 saturated carbocycles. The Morgan fingerprint density at radius 2 is 1.91 bits per heavy atom. The molecule has 1 aromatic rings. The quantitative estimate of drug-likeness (QED) is 0.654. The summed E-state index contributed by atoms with van der Waals surface area (Å²) in [5.74, 6) is -0.724. The molecule has 0 spiro atoms. The first-order chi connectivity index (χ1) is 11.0. The van der Waals surface area contributed by atoms with E-state index in [0.717, 1.165) is 12.8 Å². The molecule has 0 fully saturated rings. The molecule has 1 unspecified atom stereocenters. The summed E-state index contributed by atoms with van der Waals surface area (Å²) in [6.45, 7) is 4.45. The van der Waals surface area contributed by atoms with Crippen molar-refractivity contribution >= 4 is 11.9 Å². The van der Waals surface area contributed by atoms with Gasteiger partial charge < -0.3 is 14.4 Å². The van der Waals surface area contributed by atoms with Gasteiger partial charge in [-0.15, -0.1) is 0 Å². The fraction of sp³-hybridized carbons (Fsp3) is 0.556. The molecule has 0 aliphatic heterocycles. The maximum absolute atomic E-state index is 12.3. The van der Waals surface area contributed by atoms with Crippen LogP contribution in [0.3, 0.4) is 0 Å². The van der Waals surface area contributed by atoms with Gasteiger partial charge in [-0.25, -0.2) is 4.79 Å². The lowest BCUT2D eigenvalue weighted by Crippen LogP contribution is -2.21. The molecule has 23 heavy (non-hydrogen) atoms. The Kier molecular flexibility index (Phi) is 8.33. The predicted molar refractivity (Wildman–Crippen MR) is 89.3 cm³/mol. The number of ether oxygens (including phenoxy) is 2. The van der Waals surface area contributed by atoms with Crippen LogP contribution in [0.15, 0.2) is 24.3 Å². The summed E-state index contributed by atoms with van der Waals surface area (Å²) in [6.07, 6.45) is 2.19. The molecule has 0 aliphatic carbocycles. The van der Waals surface area contributed by atoms with Gasteiger partial charge in [-0.1, -0.05) is 31.5 Å². The zero-order valence-corrected chi connectivity index (χ0v) is 14.5. The number of rotatable bonds is 9. The molecule has 1 aromatic carbocycles. The number of esters is 2. The Balaban J connectivity index is 2.91. The predicted octanol–water partition coefficient (Wildman–Crippen LogP) is 3.20. The maximum atomic E-state index is 12.3. The summed E-state index contributed by atoms with van der Waals surface area (Å²) in [7, 11) is 3.84. The summed E-state index contributed by atoms with van der Waals surface area (Å²) in [4.78, 5) is 25.7. The van der Waals surface area contributed by atoms with Crippen molar-refractivity contribution in [2.75, 3.05) is 27.2 Å². The van der Waals surface area contributed by atoms with Crippen LogP contribution < -0.4 is 0 Å². The number of likely N-dealkylation sites (N-methyl/N-ethyl adjacent to an activating group) is 1. The van der Waals surface area contributed by atoms with Crippen molar-refractivity contribution < 1.29 is 19.1 Å². The minimum absolute atomic E-state index is 0.327. The standard InChI is InChI=1S/C18H27NO4/c1-5-6-11-17(23-14(2)20)15-9-7-8-10-16(15)18(21)22-13-12-19(3)4/h7-10,17H,5-6,11-13H2,1-4H3. The Hall–Kier alpha value is -1.88. The molecular weight excluding hydrogens is 294 g/mol. The van der Waals surface area contributed by atoms with Crippen LogP contribution in [0.25, 0.3) is 0 Å². The SMILES string of the molecule is CCCCC(OC(C)=O)c1ccccc1C(=O)OCCN(C)C. The summed E-state index contributed by atoms with van der Waals surface area (Å²) >= 11 is 0. The molecule has 128 valence electrons. The average Bonchev–Trinajstić information content (AvgIpc) is 2.50. The van der Waals surface area contributed by atoms with Gasteiger partial charge in [0, 0.05) is 19.0 Å². The molecular formula is C18H27NO4. The minimum atomic E-state index is -0.412. The summed E-state index contributed by atoms with van der Waals surface area (Å²) in [6, 6.07) is 7.17. The van der Waals surface area contributed by atoms with E-state index in [-0.39, 0.29) is 11.9 Å². The normalized spacial score (nSPS) is 12.0. The van der Waals surface area contributed by atoms with Crippen molar-refractivity contribution in [2.24, 2.45) is 0 Å². The van der Waals surface area contributed by atoms with E-state index in [4.69, 9.17) is 9.47 Å². The molecule has 5 heteroatoms. The second kappa shape index (κ2) is 10.0. The Bertz CT molecular complexity index is 513. The highest BCUT2D eigenvalue weighted by molar-refractivity contribution is 5.91. The second-order valence-electron chi connectivity index (χ2n) is 5.77. The van der Waals surface area contributed by atoms with E-state index >= 15 is 0 Å². The molecule has 0 bridgehead atoms. The van der Waals surface area contributed by atoms with Crippen LogP contribution in [0.5, 0.6) is 0 Å². The third-order valence-electron chi connectivity index (χ3n) is 3.43. The fourth-order valence-corrected chi connectivity index (χ4v) is 2.23. The van der Waals surface area contributed by atoms with Crippen molar-refractivity contribution in [1.82, 2.24) is 4.90 Å². The van der Waals surface area contributed by atoms with E-state index in [1.165, 1.54) is 6.92 Å². The van der Waals surface area contributed by atoms with Gasteiger partial charge in [0.15, 0.2) is 0 Å². The number of unbranched alkanes of at least 4 members (excludes halogenated alkanes) is 1. The molecule has 1 rings (SSSR count). The van der Waals surface area contributed by atoms with Crippen molar-refractivity contribution in [1.29, 1.82) is 0 Å². The molecule has 0 saturated heterocycles. The summed E-state index contributed by atoms with van der Waals surface area (Å²) in [5, 5.41) is 0. The monoisotopic (exact) mass is 321 g/mol. The first-order valence-corrected chi connectivity index (χ1v) is 8.03. The lowest BCUT2D eigenvalue weighted by Gasteiger charge is -2.20. The van der Waals surface area contributed by atoms with E-state index in [9.17, 15) is 9.59 Å². The van der Waals surface area contributed by atoms with Crippen LogP contribution in [0.1, 0.15) is 55.1 Å². The zero-order chi connectivity index (χ0) is 17.2.